The second-order valence-corrected chi connectivity index (χ2v) is 6.57. The summed E-state index contributed by atoms with van der Waals surface area (Å²) in [5.74, 6) is 0.484. The van der Waals surface area contributed by atoms with Crippen LogP contribution in [0.4, 0.5) is 0 Å². The highest BCUT2D eigenvalue weighted by Crippen LogP contribution is 2.30. The molecule has 0 aromatic heterocycles. The van der Waals surface area contributed by atoms with Crippen molar-refractivity contribution in [3.05, 3.63) is 23.8 Å². The number of benzene rings is 1. The fourth-order valence-electron chi connectivity index (χ4n) is 2.02. The minimum Gasteiger partial charge on any atom is -0.495 e. The van der Waals surface area contributed by atoms with Crippen molar-refractivity contribution in [1.29, 1.82) is 0 Å². The average molecular weight is 298 g/mol. The number of nitrogens with two attached hydrogens (primary N) is 1. The number of ether oxygens (including phenoxy) is 1. The molecular formula is C13H18N2O4S. The van der Waals surface area contributed by atoms with Crippen LogP contribution < -0.4 is 9.88 Å². The standard InChI is InChI=1S/C13H18N2O4S/c1-15(8-9-3-4-9)13(16)10-5-6-11(19-2)12(7-10)20(14,17)18/h5-7,9H,3-4,8H2,1-2H3,(H2,14,17,18). The van der Waals surface area contributed by atoms with Gasteiger partial charge in [0.15, 0.2) is 0 Å². The van der Waals surface area contributed by atoms with Crippen LogP contribution in [0.3, 0.4) is 0 Å². The Bertz CT molecular complexity index is 623. The maximum absolute atomic E-state index is 12.2. The van der Waals surface area contributed by atoms with Crippen LogP contribution in [0.5, 0.6) is 5.75 Å². The molecule has 2 rings (SSSR count). The van der Waals surface area contributed by atoms with Crippen molar-refractivity contribution < 1.29 is 17.9 Å². The first kappa shape index (κ1) is 14.8. The molecular weight excluding hydrogens is 280 g/mol. The normalized spacial score (nSPS) is 14.9. The number of sulfonamides is 1. The van der Waals surface area contributed by atoms with Gasteiger partial charge >= 0.3 is 0 Å². The molecule has 1 aliphatic rings. The highest BCUT2D eigenvalue weighted by Gasteiger charge is 2.26. The number of nitrogens with zero attached hydrogens (tertiary/aromatic N) is 1. The van der Waals surface area contributed by atoms with Crippen molar-refractivity contribution >= 4 is 15.9 Å². The number of amides is 1. The van der Waals surface area contributed by atoms with Crippen molar-refractivity contribution in [3.63, 3.8) is 0 Å². The van der Waals surface area contributed by atoms with E-state index in [2.05, 4.69) is 0 Å². The fourth-order valence-corrected chi connectivity index (χ4v) is 2.75. The van der Waals surface area contributed by atoms with E-state index in [-0.39, 0.29) is 22.1 Å². The number of carbonyl (C=O) groups excluding carboxylic acids is 1. The summed E-state index contributed by atoms with van der Waals surface area (Å²) in [6, 6.07) is 4.25. The molecule has 0 spiro atoms. The van der Waals surface area contributed by atoms with Gasteiger partial charge in [-0.2, -0.15) is 0 Å². The summed E-state index contributed by atoms with van der Waals surface area (Å²) in [5, 5.41) is 5.14. The van der Waals surface area contributed by atoms with Crippen LogP contribution in [-0.2, 0) is 10.0 Å². The number of hydrogen-bond acceptors (Lipinski definition) is 4. The summed E-state index contributed by atoms with van der Waals surface area (Å²) in [4.78, 5) is 13.7. The third-order valence-electron chi connectivity index (χ3n) is 3.29. The molecule has 1 aromatic carbocycles. The lowest BCUT2D eigenvalue weighted by Gasteiger charge is -2.17. The Morgan fingerprint density at radius 3 is 2.60 bits per heavy atom. The largest absolute Gasteiger partial charge is 0.495 e. The lowest BCUT2D eigenvalue weighted by Crippen LogP contribution is -2.29. The van der Waals surface area contributed by atoms with Gasteiger partial charge in [-0.15, -0.1) is 0 Å². The SMILES string of the molecule is COc1ccc(C(=O)N(C)CC2CC2)cc1S(N)(=O)=O. The van der Waals surface area contributed by atoms with E-state index in [1.807, 2.05) is 0 Å². The predicted molar refractivity (Wildman–Crippen MR) is 74.1 cm³/mol. The molecule has 7 heteroatoms. The van der Waals surface area contributed by atoms with Crippen molar-refractivity contribution in [3.8, 4) is 5.75 Å². The molecule has 0 atom stereocenters. The van der Waals surface area contributed by atoms with Crippen molar-refractivity contribution in [1.82, 2.24) is 4.90 Å². The third-order valence-corrected chi connectivity index (χ3v) is 4.22. The molecule has 1 saturated carbocycles. The molecule has 0 radical (unpaired) electrons. The summed E-state index contributed by atoms with van der Waals surface area (Å²) >= 11 is 0. The number of primary sulfonamides is 1. The maximum Gasteiger partial charge on any atom is 0.253 e. The Balaban J connectivity index is 2.30. The molecule has 20 heavy (non-hydrogen) atoms. The minimum atomic E-state index is -3.93. The third kappa shape index (κ3) is 3.29. The second-order valence-electron chi connectivity index (χ2n) is 5.04. The summed E-state index contributed by atoms with van der Waals surface area (Å²) in [5.41, 5.74) is 0.290. The van der Waals surface area contributed by atoms with Crippen LogP contribution in [0.1, 0.15) is 23.2 Å². The van der Waals surface area contributed by atoms with Crippen molar-refractivity contribution in [2.45, 2.75) is 17.7 Å². The van der Waals surface area contributed by atoms with Crippen LogP contribution in [-0.4, -0.2) is 39.9 Å². The zero-order chi connectivity index (χ0) is 14.9. The van der Waals surface area contributed by atoms with Crippen LogP contribution in [0, 0.1) is 5.92 Å². The zero-order valence-corrected chi connectivity index (χ0v) is 12.3. The summed E-state index contributed by atoms with van der Waals surface area (Å²) in [6.07, 6.45) is 2.28. The van der Waals surface area contributed by atoms with Crippen molar-refractivity contribution in [2.75, 3.05) is 20.7 Å². The van der Waals surface area contributed by atoms with E-state index in [1.165, 1.54) is 19.2 Å². The van der Waals surface area contributed by atoms with Crippen LogP contribution in [0.25, 0.3) is 0 Å². The molecule has 0 aliphatic heterocycles. The molecule has 1 aromatic rings. The summed E-state index contributed by atoms with van der Waals surface area (Å²) in [7, 11) is -0.872. The predicted octanol–water partition coefficient (Wildman–Crippen LogP) is 0.825. The molecule has 2 N–H and O–H groups in total. The van der Waals surface area contributed by atoms with Gasteiger partial charge in [-0.25, -0.2) is 13.6 Å². The molecule has 0 heterocycles. The molecule has 1 amide bonds. The monoisotopic (exact) mass is 298 g/mol. The van der Waals surface area contributed by atoms with Crippen molar-refractivity contribution in [2.24, 2.45) is 11.1 Å². The minimum absolute atomic E-state index is 0.133. The number of rotatable bonds is 5. The Hall–Kier alpha value is -1.60. The Morgan fingerprint density at radius 2 is 2.10 bits per heavy atom. The number of hydrogen-bond donors (Lipinski definition) is 1. The Labute approximate surface area is 118 Å². The lowest BCUT2D eigenvalue weighted by molar-refractivity contribution is 0.0788. The van der Waals surface area contributed by atoms with E-state index in [0.717, 1.165) is 12.8 Å². The van der Waals surface area contributed by atoms with E-state index in [9.17, 15) is 13.2 Å². The first-order chi connectivity index (χ1) is 9.32. The van der Waals surface area contributed by atoms with E-state index in [0.29, 0.717) is 12.5 Å². The first-order valence-corrected chi connectivity index (χ1v) is 7.84. The van der Waals surface area contributed by atoms with E-state index >= 15 is 0 Å². The van der Waals surface area contributed by atoms with Gasteiger partial charge in [0.25, 0.3) is 5.91 Å². The summed E-state index contributed by atoms with van der Waals surface area (Å²) in [6.45, 7) is 0.690. The molecule has 1 aliphatic carbocycles. The molecule has 6 nitrogen and oxygen atoms in total. The number of methoxy groups -OCH3 is 1. The van der Waals surface area contributed by atoms with Gasteiger partial charge < -0.3 is 9.64 Å². The average Bonchev–Trinajstić information content (AvgIpc) is 3.20. The number of carbonyl (C=O) groups is 1. The lowest BCUT2D eigenvalue weighted by atomic mass is 10.2. The topological polar surface area (TPSA) is 89.7 Å². The van der Waals surface area contributed by atoms with Gasteiger partial charge in [-0.3, -0.25) is 4.79 Å². The second kappa shape index (κ2) is 5.41. The van der Waals surface area contributed by atoms with Crippen LogP contribution in [0.2, 0.25) is 0 Å². The van der Waals surface area contributed by atoms with Gasteiger partial charge in [0.1, 0.15) is 10.6 Å². The quantitative estimate of drug-likeness (QED) is 0.871. The Morgan fingerprint density at radius 1 is 1.45 bits per heavy atom. The first-order valence-electron chi connectivity index (χ1n) is 6.29. The summed E-state index contributed by atoms with van der Waals surface area (Å²) < 4.78 is 28.0. The van der Waals surface area contributed by atoms with Gasteiger partial charge in [-0.05, 0) is 37.0 Å². The highest BCUT2D eigenvalue weighted by atomic mass is 32.2. The fraction of sp³-hybridized carbons (Fsp3) is 0.462. The van der Waals surface area contributed by atoms with E-state index in [1.54, 1.807) is 18.0 Å². The maximum atomic E-state index is 12.2. The van der Waals surface area contributed by atoms with Gasteiger partial charge in [0.05, 0.1) is 7.11 Å². The highest BCUT2D eigenvalue weighted by molar-refractivity contribution is 7.89. The van der Waals surface area contributed by atoms with Crippen LogP contribution >= 0.6 is 0 Å². The molecule has 0 bridgehead atoms. The molecule has 0 saturated heterocycles. The van der Waals surface area contributed by atoms with E-state index < -0.39 is 10.0 Å². The van der Waals surface area contributed by atoms with Crippen LogP contribution in [0.15, 0.2) is 23.1 Å². The van der Waals surface area contributed by atoms with Gasteiger partial charge in [0, 0.05) is 19.2 Å². The smallest absolute Gasteiger partial charge is 0.253 e. The molecule has 1 fully saturated rings. The Kier molecular flexibility index (Phi) is 4.01. The van der Waals surface area contributed by atoms with Gasteiger partial charge in [0.2, 0.25) is 10.0 Å². The molecule has 110 valence electrons. The van der Waals surface area contributed by atoms with E-state index in [4.69, 9.17) is 9.88 Å². The molecule has 0 unspecified atom stereocenters. The zero-order valence-electron chi connectivity index (χ0n) is 11.5. The van der Waals surface area contributed by atoms with Gasteiger partial charge in [-0.1, -0.05) is 0 Å².